The third-order valence-corrected chi connectivity index (χ3v) is 12.0. The standard InChI is InChI=1S/C60H42N2/c1-5-19-43(20-6-1)44-35-37-45(38-36-44)46-39-41-50(42-40-46)62(58-34-18-33-57-60(58)54-29-15-16-31-55(54)61(57)49-25-11-4-12-26-49)56-32-17-30-52(48-23-9-3-10-24-48)59(56)53-28-14-13-27-51(53)47-21-7-2-8-22-47/h1-42H. The van der Waals surface area contributed by atoms with Crippen LogP contribution in [0.2, 0.25) is 0 Å². The molecular formula is C60H42N2. The maximum atomic E-state index is 2.50. The summed E-state index contributed by atoms with van der Waals surface area (Å²) in [5, 5.41) is 2.40. The van der Waals surface area contributed by atoms with E-state index in [2.05, 4.69) is 264 Å². The van der Waals surface area contributed by atoms with Crippen molar-refractivity contribution < 1.29 is 0 Å². The highest BCUT2D eigenvalue weighted by Gasteiger charge is 2.26. The molecule has 0 saturated carbocycles. The molecule has 0 aliphatic heterocycles. The molecule has 0 spiro atoms. The second kappa shape index (κ2) is 16.1. The Morgan fingerprint density at radius 3 is 1.35 bits per heavy atom. The molecule has 10 aromatic carbocycles. The maximum absolute atomic E-state index is 2.50. The number of hydrogen-bond acceptors (Lipinski definition) is 1. The molecule has 0 saturated heterocycles. The lowest BCUT2D eigenvalue weighted by Gasteiger charge is -2.30. The lowest BCUT2D eigenvalue weighted by Crippen LogP contribution is -2.12. The van der Waals surface area contributed by atoms with Gasteiger partial charge in [0.1, 0.15) is 0 Å². The van der Waals surface area contributed by atoms with Crippen LogP contribution < -0.4 is 4.90 Å². The van der Waals surface area contributed by atoms with Crippen LogP contribution in [0.3, 0.4) is 0 Å². The van der Waals surface area contributed by atoms with E-state index in [0.29, 0.717) is 0 Å². The minimum absolute atomic E-state index is 1.07. The van der Waals surface area contributed by atoms with Crippen molar-refractivity contribution in [3.8, 4) is 61.3 Å². The van der Waals surface area contributed by atoms with E-state index in [9.17, 15) is 0 Å². The smallest absolute Gasteiger partial charge is 0.0562 e. The van der Waals surface area contributed by atoms with Gasteiger partial charge in [-0.25, -0.2) is 0 Å². The Bertz CT molecular complexity index is 3300. The van der Waals surface area contributed by atoms with Gasteiger partial charge in [0.15, 0.2) is 0 Å². The Morgan fingerprint density at radius 2 is 0.710 bits per heavy atom. The molecule has 2 heteroatoms. The van der Waals surface area contributed by atoms with Crippen molar-refractivity contribution >= 4 is 38.9 Å². The number of para-hydroxylation sites is 2. The summed E-state index contributed by atoms with van der Waals surface area (Å²) in [4.78, 5) is 2.50. The maximum Gasteiger partial charge on any atom is 0.0562 e. The number of hydrogen-bond donors (Lipinski definition) is 0. The summed E-state index contributed by atoms with van der Waals surface area (Å²) in [6.45, 7) is 0. The summed E-state index contributed by atoms with van der Waals surface area (Å²) < 4.78 is 2.40. The fourth-order valence-electron chi connectivity index (χ4n) is 9.18. The zero-order chi connectivity index (χ0) is 41.2. The largest absolute Gasteiger partial charge is 0.309 e. The first-order chi connectivity index (χ1) is 30.8. The summed E-state index contributed by atoms with van der Waals surface area (Å²) in [5.41, 5.74) is 18.6. The van der Waals surface area contributed by atoms with Crippen LogP contribution in [0.1, 0.15) is 0 Å². The minimum Gasteiger partial charge on any atom is -0.309 e. The summed E-state index contributed by atoms with van der Waals surface area (Å²) in [6, 6.07) is 92.2. The first-order valence-corrected chi connectivity index (χ1v) is 21.3. The van der Waals surface area contributed by atoms with Crippen LogP contribution in [0, 0.1) is 0 Å². The van der Waals surface area contributed by atoms with Crippen molar-refractivity contribution in [1.82, 2.24) is 4.57 Å². The number of anilines is 3. The number of fused-ring (bicyclic) bond motifs is 3. The molecule has 11 aromatic rings. The highest BCUT2D eigenvalue weighted by Crippen LogP contribution is 2.50. The molecule has 0 aliphatic rings. The molecule has 0 atom stereocenters. The van der Waals surface area contributed by atoms with Gasteiger partial charge in [-0.2, -0.15) is 0 Å². The Hall–Kier alpha value is -8.20. The van der Waals surface area contributed by atoms with Gasteiger partial charge in [0, 0.05) is 27.7 Å². The summed E-state index contributed by atoms with van der Waals surface area (Å²) in [6.07, 6.45) is 0. The van der Waals surface area contributed by atoms with E-state index in [1.54, 1.807) is 0 Å². The SMILES string of the molecule is c1ccc(-c2ccc(-c3ccc(N(c4cccc(-c5ccccc5)c4-c4ccccc4-c4ccccc4)c4cccc5c4c4ccccc4n5-c4ccccc4)cc3)cc2)cc1. The quantitative estimate of drug-likeness (QED) is 0.141. The average Bonchev–Trinajstić information content (AvgIpc) is 3.70. The number of benzene rings is 10. The van der Waals surface area contributed by atoms with Gasteiger partial charge in [0.25, 0.3) is 0 Å². The van der Waals surface area contributed by atoms with Crippen LogP contribution in [0.5, 0.6) is 0 Å². The van der Waals surface area contributed by atoms with Crippen molar-refractivity contribution in [1.29, 1.82) is 0 Å². The van der Waals surface area contributed by atoms with Gasteiger partial charge < -0.3 is 9.47 Å². The zero-order valence-corrected chi connectivity index (χ0v) is 34.1. The van der Waals surface area contributed by atoms with E-state index in [1.165, 1.54) is 71.9 Å². The third-order valence-electron chi connectivity index (χ3n) is 12.0. The molecule has 62 heavy (non-hydrogen) atoms. The van der Waals surface area contributed by atoms with Crippen molar-refractivity contribution in [3.63, 3.8) is 0 Å². The highest BCUT2D eigenvalue weighted by atomic mass is 15.2. The molecule has 0 radical (unpaired) electrons. The molecule has 0 amide bonds. The average molecular weight is 791 g/mol. The second-order valence-corrected chi connectivity index (χ2v) is 15.7. The first kappa shape index (κ1) is 36.8. The Morgan fingerprint density at radius 1 is 0.274 bits per heavy atom. The number of aromatic nitrogens is 1. The van der Waals surface area contributed by atoms with Crippen molar-refractivity contribution in [2.75, 3.05) is 4.90 Å². The Labute approximate surface area is 362 Å². The fourth-order valence-corrected chi connectivity index (χ4v) is 9.18. The van der Waals surface area contributed by atoms with Crippen LogP contribution in [0.15, 0.2) is 255 Å². The van der Waals surface area contributed by atoms with E-state index < -0.39 is 0 Å². The van der Waals surface area contributed by atoms with Crippen LogP contribution in [-0.4, -0.2) is 4.57 Å². The minimum atomic E-state index is 1.07. The van der Waals surface area contributed by atoms with Gasteiger partial charge >= 0.3 is 0 Å². The molecular weight excluding hydrogens is 749 g/mol. The Kier molecular flexibility index (Phi) is 9.57. The lowest BCUT2D eigenvalue weighted by molar-refractivity contribution is 1.18. The van der Waals surface area contributed by atoms with Crippen molar-refractivity contribution in [2.24, 2.45) is 0 Å². The normalized spacial score (nSPS) is 11.2. The second-order valence-electron chi connectivity index (χ2n) is 15.7. The van der Waals surface area contributed by atoms with E-state index in [-0.39, 0.29) is 0 Å². The van der Waals surface area contributed by atoms with E-state index >= 15 is 0 Å². The lowest BCUT2D eigenvalue weighted by atomic mass is 9.87. The summed E-state index contributed by atoms with van der Waals surface area (Å²) in [5.74, 6) is 0. The molecule has 2 nitrogen and oxygen atoms in total. The monoisotopic (exact) mass is 790 g/mol. The van der Waals surface area contributed by atoms with E-state index in [1.807, 2.05) is 0 Å². The first-order valence-electron chi connectivity index (χ1n) is 21.3. The highest BCUT2D eigenvalue weighted by molar-refractivity contribution is 6.17. The van der Waals surface area contributed by atoms with Crippen molar-refractivity contribution in [2.45, 2.75) is 0 Å². The van der Waals surface area contributed by atoms with Gasteiger partial charge in [-0.3, -0.25) is 0 Å². The van der Waals surface area contributed by atoms with Crippen LogP contribution >= 0.6 is 0 Å². The molecule has 0 aliphatic carbocycles. The molecule has 0 fully saturated rings. The third kappa shape index (κ3) is 6.65. The predicted octanol–water partition coefficient (Wildman–Crippen LogP) is 16.6. The molecule has 11 rings (SSSR count). The molecule has 0 bridgehead atoms. The molecule has 1 aromatic heterocycles. The number of rotatable bonds is 9. The Balaban J connectivity index is 1.18. The van der Waals surface area contributed by atoms with Gasteiger partial charge in [-0.15, -0.1) is 0 Å². The van der Waals surface area contributed by atoms with Gasteiger partial charge in [-0.1, -0.05) is 206 Å². The zero-order valence-electron chi connectivity index (χ0n) is 34.1. The summed E-state index contributed by atoms with van der Waals surface area (Å²) >= 11 is 0. The van der Waals surface area contributed by atoms with Gasteiger partial charge in [-0.05, 0) is 98.6 Å². The molecule has 1 heterocycles. The van der Waals surface area contributed by atoms with Gasteiger partial charge in [0.2, 0.25) is 0 Å². The predicted molar refractivity (Wildman–Crippen MR) is 263 cm³/mol. The topological polar surface area (TPSA) is 8.17 Å². The van der Waals surface area contributed by atoms with E-state index in [0.717, 1.165) is 28.3 Å². The molecule has 292 valence electrons. The van der Waals surface area contributed by atoms with Crippen LogP contribution in [0.25, 0.3) is 83.1 Å². The molecule has 0 N–H and O–H groups in total. The summed E-state index contributed by atoms with van der Waals surface area (Å²) in [7, 11) is 0. The fraction of sp³-hybridized carbons (Fsp3) is 0. The van der Waals surface area contributed by atoms with E-state index in [4.69, 9.17) is 0 Å². The van der Waals surface area contributed by atoms with Gasteiger partial charge in [0.05, 0.1) is 22.4 Å². The van der Waals surface area contributed by atoms with Crippen molar-refractivity contribution in [3.05, 3.63) is 255 Å². The van der Waals surface area contributed by atoms with Crippen LogP contribution in [0.4, 0.5) is 17.1 Å². The van der Waals surface area contributed by atoms with Crippen LogP contribution in [-0.2, 0) is 0 Å². The molecule has 0 unspecified atom stereocenters. The number of nitrogens with zero attached hydrogens (tertiary/aromatic N) is 2.